The number of carbonyl (C=O) groups is 1. The van der Waals surface area contributed by atoms with E-state index in [9.17, 15) is 14.3 Å². The van der Waals surface area contributed by atoms with Crippen LogP contribution in [0.2, 0.25) is 0 Å². The highest BCUT2D eigenvalue weighted by Crippen LogP contribution is 2.41. The zero-order valence-corrected chi connectivity index (χ0v) is 26.8. The van der Waals surface area contributed by atoms with Crippen LogP contribution in [0.5, 0.6) is 5.88 Å². The lowest BCUT2D eigenvalue weighted by Gasteiger charge is -2.28. The maximum Gasteiger partial charge on any atom is 0.335 e. The molecule has 1 aliphatic heterocycles. The van der Waals surface area contributed by atoms with Crippen LogP contribution in [0.4, 0.5) is 13.2 Å². The lowest BCUT2D eigenvalue weighted by atomic mass is 9.87. The molecule has 250 valence electrons. The van der Waals surface area contributed by atoms with Crippen molar-refractivity contribution in [2.75, 3.05) is 13.2 Å². The maximum absolute atomic E-state index is 15.7. The average Bonchev–Trinajstić information content (AvgIpc) is 3.76. The number of aryl methyl sites for hydroxylation is 1. The van der Waals surface area contributed by atoms with Gasteiger partial charge in [0.05, 0.1) is 47.7 Å². The van der Waals surface area contributed by atoms with E-state index in [1.807, 2.05) is 18.4 Å². The molecule has 0 bridgehead atoms. The van der Waals surface area contributed by atoms with Gasteiger partial charge in [0.15, 0.2) is 11.7 Å². The molecule has 0 saturated carbocycles. The normalized spacial score (nSPS) is 15.6. The zero-order valence-electron chi connectivity index (χ0n) is 26.8. The quantitative estimate of drug-likeness (QED) is 0.165. The molecule has 0 aliphatic carbocycles. The van der Waals surface area contributed by atoms with Crippen LogP contribution in [0.1, 0.15) is 53.1 Å². The summed E-state index contributed by atoms with van der Waals surface area (Å²) >= 11 is 0. The lowest BCUT2D eigenvalue weighted by molar-refractivity contribution is 0.0697. The van der Waals surface area contributed by atoms with Crippen molar-refractivity contribution in [3.8, 4) is 28.5 Å². The van der Waals surface area contributed by atoms with Gasteiger partial charge >= 0.3 is 5.97 Å². The SMILES string of the molecule is Cc1ncc(-c2ccc(COc3cccc(-c4cc(F)c(Cc5nc6ccc(C(=O)O)cc6n5C5COCC5(C)C)cc4F)n3)c(F)c2)o1. The van der Waals surface area contributed by atoms with Gasteiger partial charge in [-0.05, 0) is 48.0 Å². The second-order valence-electron chi connectivity index (χ2n) is 12.7. The molecule has 1 aliphatic rings. The number of imidazole rings is 1. The van der Waals surface area contributed by atoms with Gasteiger partial charge in [-0.15, -0.1) is 0 Å². The minimum atomic E-state index is -1.08. The van der Waals surface area contributed by atoms with Crippen LogP contribution >= 0.6 is 0 Å². The van der Waals surface area contributed by atoms with Crippen molar-refractivity contribution in [2.45, 2.75) is 39.8 Å². The van der Waals surface area contributed by atoms with Gasteiger partial charge in [-0.25, -0.2) is 32.9 Å². The van der Waals surface area contributed by atoms with Crippen molar-refractivity contribution in [1.29, 1.82) is 0 Å². The number of ether oxygens (including phenoxy) is 2. The monoisotopic (exact) mass is 668 g/mol. The van der Waals surface area contributed by atoms with Crippen molar-refractivity contribution >= 4 is 17.0 Å². The number of hydrogen-bond acceptors (Lipinski definition) is 7. The first kappa shape index (κ1) is 32.1. The van der Waals surface area contributed by atoms with Crippen LogP contribution in [-0.4, -0.2) is 43.8 Å². The molecule has 1 fully saturated rings. The Morgan fingerprint density at radius 2 is 1.82 bits per heavy atom. The number of nitrogens with zero attached hydrogens (tertiary/aromatic N) is 4. The molecule has 1 unspecified atom stereocenters. The summed E-state index contributed by atoms with van der Waals surface area (Å²) in [6, 6.07) is 15.9. The predicted molar refractivity (Wildman–Crippen MR) is 174 cm³/mol. The molecular weight excluding hydrogens is 637 g/mol. The molecule has 7 rings (SSSR count). The molecule has 3 aromatic carbocycles. The van der Waals surface area contributed by atoms with Gasteiger partial charge in [-0.2, -0.15) is 0 Å². The van der Waals surface area contributed by atoms with Gasteiger partial charge in [0.1, 0.15) is 29.9 Å². The number of pyridine rings is 1. The van der Waals surface area contributed by atoms with Crippen LogP contribution in [0.3, 0.4) is 0 Å². The van der Waals surface area contributed by atoms with Crippen molar-refractivity contribution in [1.82, 2.24) is 19.5 Å². The molecule has 1 atom stereocenters. The highest BCUT2D eigenvalue weighted by molar-refractivity contribution is 5.92. The average molecular weight is 669 g/mol. The Balaban J connectivity index is 1.14. The van der Waals surface area contributed by atoms with Crippen LogP contribution in [-0.2, 0) is 17.8 Å². The Hall–Kier alpha value is -5.49. The van der Waals surface area contributed by atoms with Gasteiger partial charge in [0.25, 0.3) is 0 Å². The number of rotatable bonds is 9. The van der Waals surface area contributed by atoms with Crippen LogP contribution in [0.15, 0.2) is 77.3 Å². The van der Waals surface area contributed by atoms with Crippen LogP contribution in [0.25, 0.3) is 33.6 Å². The van der Waals surface area contributed by atoms with E-state index in [4.69, 9.17) is 18.9 Å². The maximum atomic E-state index is 15.7. The Kier molecular flexibility index (Phi) is 8.19. The van der Waals surface area contributed by atoms with Crippen molar-refractivity contribution in [3.05, 3.63) is 119 Å². The van der Waals surface area contributed by atoms with E-state index < -0.39 is 23.4 Å². The number of aromatic carboxylic acids is 1. The van der Waals surface area contributed by atoms with Gasteiger partial charge in [-0.1, -0.05) is 32.0 Å². The molecule has 1 saturated heterocycles. The number of aromatic nitrogens is 4. The van der Waals surface area contributed by atoms with E-state index in [0.29, 0.717) is 47.3 Å². The summed E-state index contributed by atoms with van der Waals surface area (Å²) in [5, 5.41) is 9.61. The minimum absolute atomic E-state index is 0.0519. The molecule has 0 spiro atoms. The number of carboxylic acids is 1. The Bertz CT molecular complexity index is 2230. The molecular formula is C37H31F3N4O5. The van der Waals surface area contributed by atoms with Gasteiger partial charge < -0.3 is 23.6 Å². The predicted octanol–water partition coefficient (Wildman–Crippen LogP) is 7.94. The second kappa shape index (κ2) is 12.5. The fourth-order valence-corrected chi connectivity index (χ4v) is 6.13. The number of oxazole rings is 1. The zero-order chi connectivity index (χ0) is 34.4. The topological polar surface area (TPSA) is 113 Å². The summed E-state index contributed by atoms with van der Waals surface area (Å²) in [4.78, 5) is 24.8. The highest BCUT2D eigenvalue weighted by Gasteiger charge is 2.39. The largest absolute Gasteiger partial charge is 0.478 e. The van der Waals surface area contributed by atoms with Crippen LogP contribution < -0.4 is 4.74 Å². The summed E-state index contributed by atoms with van der Waals surface area (Å²) in [7, 11) is 0. The highest BCUT2D eigenvalue weighted by atomic mass is 19.1. The second-order valence-corrected chi connectivity index (χ2v) is 12.7. The lowest BCUT2D eigenvalue weighted by Crippen LogP contribution is -2.27. The number of hydrogen-bond donors (Lipinski definition) is 1. The molecule has 9 nitrogen and oxygen atoms in total. The summed E-state index contributed by atoms with van der Waals surface area (Å²) in [6.07, 6.45) is 1.47. The molecule has 49 heavy (non-hydrogen) atoms. The number of carboxylic acid groups (broad SMARTS) is 1. The summed E-state index contributed by atoms with van der Waals surface area (Å²) in [5.41, 5.74) is 1.83. The van der Waals surface area contributed by atoms with E-state index in [-0.39, 0.29) is 58.3 Å². The molecule has 3 aromatic heterocycles. The standard InChI is InChI=1S/C37H31F3N4O5/c1-20-41-16-32(49-20)21-7-8-23(26(38)11-21)17-48-35-6-4-5-29(43-35)25-15-27(39)24(12-28(25)40)14-34-42-30-10-9-22(36(45)46)13-31(30)44(34)33-18-47-19-37(33,2)3/h4-13,15-16,33H,14,17-19H2,1-3H3,(H,45,46). The third kappa shape index (κ3) is 6.27. The van der Waals surface area contributed by atoms with Gasteiger partial charge in [0, 0.05) is 41.5 Å². The fourth-order valence-electron chi connectivity index (χ4n) is 6.13. The number of fused-ring (bicyclic) bond motifs is 1. The molecule has 0 amide bonds. The third-order valence-corrected chi connectivity index (χ3v) is 8.79. The van der Waals surface area contributed by atoms with E-state index in [1.54, 1.807) is 43.3 Å². The molecule has 6 aromatic rings. The van der Waals surface area contributed by atoms with E-state index in [2.05, 4.69) is 9.97 Å². The Morgan fingerprint density at radius 1 is 1.00 bits per heavy atom. The van der Waals surface area contributed by atoms with Crippen molar-refractivity contribution in [3.63, 3.8) is 0 Å². The van der Waals surface area contributed by atoms with Gasteiger partial charge in [-0.3, -0.25) is 0 Å². The molecule has 1 N–H and O–H groups in total. The van der Waals surface area contributed by atoms with E-state index >= 15 is 8.78 Å². The minimum Gasteiger partial charge on any atom is -0.478 e. The first-order valence-corrected chi connectivity index (χ1v) is 15.6. The number of benzene rings is 3. The van der Waals surface area contributed by atoms with E-state index in [0.717, 1.165) is 12.1 Å². The first-order chi connectivity index (χ1) is 23.5. The van der Waals surface area contributed by atoms with Crippen LogP contribution in [0, 0.1) is 29.8 Å². The summed E-state index contributed by atoms with van der Waals surface area (Å²) in [6.45, 7) is 6.47. The third-order valence-electron chi connectivity index (χ3n) is 8.79. The first-order valence-electron chi connectivity index (χ1n) is 15.6. The summed E-state index contributed by atoms with van der Waals surface area (Å²) in [5.74, 6) is -1.48. The summed E-state index contributed by atoms with van der Waals surface area (Å²) < 4.78 is 65.1. The smallest absolute Gasteiger partial charge is 0.335 e. The molecule has 0 radical (unpaired) electrons. The van der Waals surface area contributed by atoms with Gasteiger partial charge in [0.2, 0.25) is 5.88 Å². The Labute approximate surface area is 279 Å². The fraction of sp³-hybridized carbons (Fsp3) is 0.243. The Morgan fingerprint density at radius 3 is 2.53 bits per heavy atom. The van der Waals surface area contributed by atoms with Crippen molar-refractivity contribution in [2.24, 2.45) is 5.41 Å². The van der Waals surface area contributed by atoms with E-state index in [1.165, 1.54) is 24.4 Å². The molecule has 12 heteroatoms. The number of halogens is 3. The molecule has 4 heterocycles. The van der Waals surface area contributed by atoms with Crippen molar-refractivity contribution < 1.29 is 37.0 Å².